The molecule has 5 heteroatoms. The van der Waals surface area contributed by atoms with Gasteiger partial charge in [0, 0.05) is 16.6 Å². The van der Waals surface area contributed by atoms with Crippen molar-refractivity contribution < 1.29 is 14.2 Å². The Labute approximate surface area is 105 Å². The highest BCUT2D eigenvalue weighted by atomic mass is 35.5. The van der Waals surface area contributed by atoms with Crippen LogP contribution in [0.15, 0.2) is 18.2 Å². The quantitative estimate of drug-likeness (QED) is 0.866. The zero-order valence-electron chi connectivity index (χ0n) is 9.54. The van der Waals surface area contributed by atoms with Gasteiger partial charge in [-0.05, 0) is 25.2 Å². The summed E-state index contributed by atoms with van der Waals surface area (Å²) in [6, 6.07) is 4.14. The van der Waals surface area contributed by atoms with Crippen LogP contribution in [0, 0.1) is 11.2 Å². The molecule has 17 heavy (non-hydrogen) atoms. The van der Waals surface area contributed by atoms with Crippen molar-refractivity contribution in [3.8, 4) is 0 Å². The minimum atomic E-state index is -0.458. The van der Waals surface area contributed by atoms with Crippen LogP contribution in [-0.4, -0.2) is 32.0 Å². The van der Waals surface area contributed by atoms with E-state index in [1.165, 1.54) is 12.1 Å². The number of rotatable bonds is 4. The number of aliphatic hydroxyl groups excluding tert-OH is 1. The molecule has 1 aromatic rings. The standard InChI is InChI=1S/C12H15ClFNO2/c1-15-11(12(5-16)6-17-7-12)9-4-8(13)2-3-10(9)14/h2-4,11,15-16H,5-7H2,1H3. The van der Waals surface area contributed by atoms with E-state index in [1.54, 1.807) is 13.1 Å². The van der Waals surface area contributed by atoms with Crippen molar-refractivity contribution >= 4 is 11.6 Å². The van der Waals surface area contributed by atoms with Crippen LogP contribution in [-0.2, 0) is 4.74 Å². The topological polar surface area (TPSA) is 41.5 Å². The minimum absolute atomic E-state index is 0.0511. The van der Waals surface area contributed by atoms with Crippen LogP contribution in [0.3, 0.4) is 0 Å². The van der Waals surface area contributed by atoms with Crippen molar-refractivity contribution in [2.24, 2.45) is 5.41 Å². The van der Waals surface area contributed by atoms with Gasteiger partial charge in [-0.1, -0.05) is 11.6 Å². The summed E-state index contributed by atoms with van der Waals surface area (Å²) >= 11 is 5.88. The largest absolute Gasteiger partial charge is 0.396 e. The Bertz CT molecular complexity index is 404. The van der Waals surface area contributed by atoms with Gasteiger partial charge >= 0.3 is 0 Å². The van der Waals surface area contributed by atoms with E-state index in [9.17, 15) is 9.50 Å². The Kier molecular flexibility index (Phi) is 3.68. The molecule has 1 unspecified atom stereocenters. The number of nitrogens with one attached hydrogen (secondary N) is 1. The number of aliphatic hydroxyl groups is 1. The number of benzene rings is 1. The van der Waals surface area contributed by atoms with Crippen molar-refractivity contribution in [2.45, 2.75) is 6.04 Å². The maximum Gasteiger partial charge on any atom is 0.128 e. The third-order valence-electron chi connectivity index (χ3n) is 3.26. The Hall–Kier alpha value is -0.680. The summed E-state index contributed by atoms with van der Waals surface area (Å²) in [6.45, 7) is 0.784. The molecule has 0 spiro atoms. The van der Waals surface area contributed by atoms with Gasteiger partial charge in [-0.25, -0.2) is 4.39 Å². The maximum absolute atomic E-state index is 13.8. The highest BCUT2D eigenvalue weighted by molar-refractivity contribution is 6.30. The number of ether oxygens (including phenoxy) is 1. The first-order valence-electron chi connectivity index (χ1n) is 5.44. The summed E-state index contributed by atoms with van der Waals surface area (Å²) in [5.41, 5.74) is 0.0117. The molecule has 94 valence electrons. The third kappa shape index (κ3) is 2.18. The van der Waals surface area contributed by atoms with Gasteiger partial charge < -0.3 is 15.2 Å². The Morgan fingerprint density at radius 2 is 2.29 bits per heavy atom. The molecule has 2 rings (SSSR count). The molecule has 0 amide bonds. The van der Waals surface area contributed by atoms with Crippen molar-refractivity contribution in [1.82, 2.24) is 5.32 Å². The Balaban J connectivity index is 2.37. The molecular formula is C12H15ClFNO2. The van der Waals surface area contributed by atoms with Crippen molar-refractivity contribution in [2.75, 3.05) is 26.9 Å². The van der Waals surface area contributed by atoms with Crippen LogP contribution in [0.4, 0.5) is 4.39 Å². The molecule has 1 atom stereocenters. The van der Waals surface area contributed by atoms with E-state index >= 15 is 0 Å². The summed E-state index contributed by atoms with van der Waals surface area (Å²) in [5, 5.41) is 13.0. The fourth-order valence-electron chi connectivity index (χ4n) is 2.24. The van der Waals surface area contributed by atoms with Gasteiger partial charge in [-0.3, -0.25) is 0 Å². The normalized spacial score (nSPS) is 19.8. The molecule has 0 saturated carbocycles. The summed E-state index contributed by atoms with van der Waals surface area (Å²) in [7, 11) is 1.74. The van der Waals surface area contributed by atoms with Gasteiger partial charge in [-0.15, -0.1) is 0 Å². The highest BCUT2D eigenvalue weighted by Gasteiger charge is 2.46. The maximum atomic E-state index is 13.8. The number of hydrogen-bond acceptors (Lipinski definition) is 3. The monoisotopic (exact) mass is 259 g/mol. The Morgan fingerprint density at radius 3 is 2.76 bits per heavy atom. The van der Waals surface area contributed by atoms with Gasteiger partial charge in [0.2, 0.25) is 0 Å². The molecule has 1 aliphatic heterocycles. The van der Waals surface area contributed by atoms with Crippen LogP contribution in [0.2, 0.25) is 5.02 Å². The Morgan fingerprint density at radius 1 is 1.59 bits per heavy atom. The molecule has 1 aliphatic rings. The van der Waals surface area contributed by atoms with Crippen LogP contribution >= 0.6 is 11.6 Å². The second kappa shape index (κ2) is 4.90. The molecule has 1 fully saturated rings. The average Bonchev–Trinajstić information content (AvgIpc) is 2.27. The van der Waals surface area contributed by atoms with E-state index in [-0.39, 0.29) is 18.5 Å². The molecule has 1 heterocycles. The van der Waals surface area contributed by atoms with E-state index in [2.05, 4.69) is 5.32 Å². The smallest absolute Gasteiger partial charge is 0.128 e. The van der Waals surface area contributed by atoms with Crippen LogP contribution in [0.1, 0.15) is 11.6 Å². The molecule has 3 nitrogen and oxygen atoms in total. The first-order chi connectivity index (χ1) is 8.13. The molecule has 1 saturated heterocycles. The lowest BCUT2D eigenvalue weighted by Gasteiger charge is -2.46. The van der Waals surface area contributed by atoms with Gasteiger partial charge in [0.15, 0.2) is 0 Å². The van der Waals surface area contributed by atoms with Gasteiger partial charge in [0.05, 0.1) is 25.2 Å². The summed E-state index contributed by atoms with van der Waals surface area (Å²) < 4.78 is 19.0. The predicted octanol–water partition coefficient (Wildman–Crippen LogP) is 1.75. The first kappa shape index (κ1) is 12.8. The SMILES string of the molecule is CNC(c1cc(Cl)ccc1F)C1(CO)COC1. The van der Waals surface area contributed by atoms with E-state index in [0.717, 1.165) is 0 Å². The first-order valence-corrected chi connectivity index (χ1v) is 5.81. The fraction of sp³-hybridized carbons (Fsp3) is 0.500. The van der Waals surface area contributed by atoms with Crippen LogP contribution < -0.4 is 5.32 Å². The molecule has 0 radical (unpaired) electrons. The van der Waals surface area contributed by atoms with E-state index in [0.29, 0.717) is 23.8 Å². The van der Waals surface area contributed by atoms with Crippen LogP contribution in [0.5, 0.6) is 0 Å². The molecular weight excluding hydrogens is 245 g/mol. The van der Waals surface area contributed by atoms with Gasteiger partial charge in [0.25, 0.3) is 0 Å². The number of hydrogen-bond donors (Lipinski definition) is 2. The lowest BCUT2D eigenvalue weighted by Crippen LogP contribution is -2.53. The molecule has 0 bridgehead atoms. The fourth-order valence-corrected chi connectivity index (χ4v) is 2.42. The molecule has 0 aliphatic carbocycles. The molecule has 1 aromatic carbocycles. The summed E-state index contributed by atoms with van der Waals surface area (Å²) in [5.74, 6) is -0.325. The van der Waals surface area contributed by atoms with Crippen LogP contribution in [0.25, 0.3) is 0 Å². The van der Waals surface area contributed by atoms with Gasteiger partial charge in [0.1, 0.15) is 5.82 Å². The molecule has 0 aromatic heterocycles. The van der Waals surface area contributed by atoms with E-state index in [1.807, 2.05) is 0 Å². The zero-order valence-corrected chi connectivity index (χ0v) is 10.3. The third-order valence-corrected chi connectivity index (χ3v) is 3.50. The van der Waals surface area contributed by atoms with E-state index in [4.69, 9.17) is 16.3 Å². The van der Waals surface area contributed by atoms with E-state index < -0.39 is 5.41 Å². The van der Waals surface area contributed by atoms with Gasteiger partial charge in [-0.2, -0.15) is 0 Å². The second-order valence-electron chi connectivity index (χ2n) is 4.40. The minimum Gasteiger partial charge on any atom is -0.396 e. The molecule has 2 N–H and O–H groups in total. The lowest BCUT2D eigenvalue weighted by atomic mass is 9.75. The zero-order chi connectivity index (χ0) is 12.5. The highest BCUT2D eigenvalue weighted by Crippen LogP contribution is 2.41. The second-order valence-corrected chi connectivity index (χ2v) is 4.84. The summed E-state index contributed by atoms with van der Waals surface area (Å²) in [4.78, 5) is 0. The average molecular weight is 260 g/mol. The predicted molar refractivity (Wildman–Crippen MR) is 63.5 cm³/mol. The van der Waals surface area contributed by atoms with Crippen molar-refractivity contribution in [3.63, 3.8) is 0 Å². The number of halogens is 2. The lowest BCUT2D eigenvalue weighted by molar-refractivity contribution is -0.155. The van der Waals surface area contributed by atoms with Crippen molar-refractivity contribution in [1.29, 1.82) is 0 Å². The van der Waals surface area contributed by atoms with Crippen molar-refractivity contribution in [3.05, 3.63) is 34.6 Å². The summed E-state index contributed by atoms with van der Waals surface area (Å²) in [6.07, 6.45) is 0.